The smallest absolute Gasteiger partial charge is 0.226 e. The Morgan fingerprint density at radius 1 is 1.35 bits per heavy atom. The number of thiazole rings is 1. The molecular formula is C18H21N3OS. The molecule has 0 bridgehead atoms. The fraction of sp³-hybridized carbons (Fsp3) is 0.333. The molecule has 0 unspecified atom stereocenters. The van der Waals surface area contributed by atoms with Crippen molar-refractivity contribution >= 4 is 33.3 Å². The SMILES string of the molecule is CC(C)c1csc(NC(=O)CCCc2c[nH]c3ccccc23)n1. The summed E-state index contributed by atoms with van der Waals surface area (Å²) in [7, 11) is 0. The maximum absolute atomic E-state index is 12.0. The number of aromatic amines is 1. The van der Waals surface area contributed by atoms with Crippen LogP contribution in [0, 0.1) is 0 Å². The molecular weight excluding hydrogens is 306 g/mol. The quantitative estimate of drug-likeness (QED) is 0.689. The van der Waals surface area contributed by atoms with Gasteiger partial charge >= 0.3 is 0 Å². The first kappa shape index (κ1) is 15.7. The number of nitrogens with zero attached hydrogens (tertiary/aromatic N) is 1. The highest BCUT2D eigenvalue weighted by atomic mass is 32.1. The Kier molecular flexibility index (Phi) is 4.76. The molecule has 23 heavy (non-hydrogen) atoms. The average Bonchev–Trinajstić information content (AvgIpc) is 3.15. The van der Waals surface area contributed by atoms with E-state index in [4.69, 9.17) is 0 Å². The first-order chi connectivity index (χ1) is 11.1. The minimum atomic E-state index is 0.0366. The van der Waals surface area contributed by atoms with Gasteiger partial charge in [-0.25, -0.2) is 4.98 Å². The van der Waals surface area contributed by atoms with E-state index in [1.807, 2.05) is 23.7 Å². The first-order valence-electron chi connectivity index (χ1n) is 7.94. The molecule has 0 saturated carbocycles. The minimum absolute atomic E-state index is 0.0366. The molecule has 0 atom stereocenters. The highest BCUT2D eigenvalue weighted by molar-refractivity contribution is 7.13. The summed E-state index contributed by atoms with van der Waals surface area (Å²) in [6, 6.07) is 8.25. The lowest BCUT2D eigenvalue weighted by atomic mass is 10.1. The molecule has 0 radical (unpaired) electrons. The molecule has 0 aliphatic heterocycles. The molecule has 1 aromatic carbocycles. The van der Waals surface area contributed by atoms with Gasteiger partial charge in [-0.15, -0.1) is 11.3 Å². The standard InChI is InChI=1S/C18H21N3OS/c1-12(2)16-11-23-18(20-16)21-17(22)9-5-6-13-10-19-15-8-4-3-7-14(13)15/h3-4,7-8,10-12,19H,5-6,9H2,1-2H3,(H,20,21,22). The van der Waals surface area contributed by atoms with Crippen molar-refractivity contribution in [2.75, 3.05) is 5.32 Å². The third kappa shape index (κ3) is 3.79. The van der Waals surface area contributed by atoms with Crippen LogP contribution < -0.4 is 5.32 Å². The summed E-state index contributed by atoms with van der Waals surface area (Å²) < 4.78 is 0. The van der Waals surface area contributed by atoms with Gasteiger partial charge in [0.05, 0.1) is 5.69 Å². The van der Waals surface area contributed by atoms with E-state index in [1.54, 1.807) is 0 Å². The Morgan fingerprint density at radius 3 is 2.96 bits per heavy atom. The second-order valence-corrected chi connectivity index (χ2v) is 6.85. The second kappa shape index (κ2) is 6.96. The number of carbonyl (C=O) groups is 1. The van der Waals surface area contributed by atoms with Gasteiger partial charge in [0.1, 0.15) is 0 Å². The number of hydrogen-bond acceptors (Lipinski definition) is 3. The number of para-hydroxylation sites is 1. The monoisotopic (exact) mass is 327 g/mol. The summed E-state index contributed by atoms with van der Waals surface area (Å²) in [6.07, 6.45) is 4.27. The average molecular weight is 327 g/mol. The van der Waals surface area contributed by atoms with Crippen LogP contribution in [0.3, 0.4) is 0 Å². The van der Waals surface area contributed by atoms with E-state index in [0.29, 0.717) is 17.5 Å². The molecule has 120 valence electrons. The van der Waals surface area contributed by atoms with Crippen LogP contribution in [0.1, 0.15) is 43.9 Å². The highest BCUT2D eigenvalue weighted by Crippen LogP contribution is 2.22. The van der Waals surface area contributed by atoms with Crippen LogP contribution in [0.5, 0.6) is 0 Å². The van der Waals surface area contributed by atoms with E-state index in [0.717, 1.165) is 24.1 Å². The third-order valence-corrected chi connectivity index (χ3v) is 4.66. The largest absolute Gasteiger partial charge is 0.361 e. The van der Waals surface area contributed by atoms with Gasteiger partial charge in [-0.2, -0.15) is 0 Å². The van der Waals surface area contributed by atoms with Crippen LogP contribution in [-0.2, 0) is 11.2 Å². The number of rotatable bonds is 6. The molecule has 2 N–H and O–H groups in total. The number of H-pyrrole nitrogens is 1. The van der Waals surface area contributed by atoms with Crippen LogP contribution in [0.2, 0.25) is 0 Å². The molecule has 0 saturated heterocycles. The van der Waals surface area contributed by atoms with Crippen molar-refractivity contribution in [1.82, 2.24) is 9.97 Å². The van der Waals surface area contributed by atoms with E-state index in [9.17, 15) is 4.79 Å². The number of carbonyl (C=O) groups excluding carboxylic acids is 1. The zero-order valence-electron chi connectivity index (χ0n) is 13.4. The molecule has 3 aromatic rings. The molecule has 0 aliphatic rings. The molecule has 3 rings (SSSR count). The summed E-state index contributed by atoms with van der Waals surface area (Å²) in [5, 5.41) is 6.85. The fourth-order valence-electron chi connectivity index (χ4n) is 2.57. The molecule has 2 heterocycles. The van der Waals surface area contributed by atoms with Crippen LogP contribution in [-0.4, -0.2) is 15.9 Å². The fourth-order valence-corrected chi connectivity index (χ4v) is 3.46. The third-order valence-electron chi connectivity index (χ3n) is 3.88. The summed E-state index contributed by atoms with van der Waals surface area (Å²) in [5.74, 6) is 0.424. The maximum atomic E-state index is 12.0. The van der Waals surface area contributed by atoms with Crippen molar-refractivity contribution < 1.29 is 4.79 Å². The van der Waals surface area contributed by atoms with Gasteiger partial charge in [0.2, 0.25) is 5.91 Å². The van der Waals surface area contributed by atoms with Crippen molar-refractivity contribution in [3.8, 4) is 0 Å². The topological polar surface area (TPSA) is 57.8 Å². The maximum Gasteiger partial charge on any atom is 0.226 e. The van der Waals surface area contributed by atoms with Gasteiger partial charge in [-0.1, -0.05) is 32.0 Å². The van der Waals surface area contributed by atoms with Gasteiger partial charge in [0.25, 0.3) is 0 Å². The molecule has 0 fully saturated rings. The predicted octanol–water partition coefficient (Wildman–Crippen LogP) is 4.71. The first-order valence-corrected chi connectivity index (χ1v) is 8.81. The van der Waals surface area contributed by atoms with Crippen LogP contribution >= 0.6 is 11.3 Å². The van der Waals surface area contributed by atoms with Crippen molar-refractivity contribution in [1.29, 1.82) is 0 Å². The Labute approximate surface area is 140 Å². The van der Waals surface area contributed by atoms with E-state index in [-0.39, 0.29) is 5.91 Å². The van der Waals surface area contributed by atoms with E-state index < -0.39 is 0 Å². The molecule has 0 spiro atoms. The van der Waals surface area contributed by atoms with Crippen LogP contribution in [0.4, 0.5) is 5.13 Å². The highest BCUT2D eigenvalue weighted by Gasteiger charge is 2.09. The van der Waals surface area contributed by atoms with Crippen molar-refractivity contribution in [3.63, 3.8) is 0 Å². The molecule has 5 heteroatoms. The summed E-state index contributed by atoms with van der Waals surface area (Å²) >= 11 is 1.49. The van der Waals surface area contributed by atoms with Crippen molar-refractivity contribution in [2.45, 2.75) is 39.0 Å². The number of benzene rings is 1. The lowest BCUT2D eigenvalue weighted by Crippen LogP contribution is -2.11. The van der Waals surface area contributed by atoms with Gasteiger partial charge in [-0.05, 0) is 30.4 Å². The minimum Gasteiger partial charge on any atom is -0.361 e. The number of aromatic nitrogens is 2. The lowest BCUT2D eigenvalue weighted by molar-refractivity contribution is -0.116. The Balaban J connectivity index is 1.51. The number of nitrogens with one attached hydrogen (secondary N) is 2. The summed E-state index contributed by atoms with van der Waals surface area (Å²) in [4.78, 5) is 19.7. The number of anilines is 1. The molecule has 0 aliphatic carbocycles. The Hall–Kier alpha value is -2.14. The molecule has 4 nitrogen and oxygen atoms in total. The van der Waals surface area contributed by atoms with Gasteiger partial charge in [-0.3, -0.25) is 4.79 Å². The predicted molar refractivity (Wildman–Crippen MR) is 96.1 cm³/mol. The zero-order valence-corrected chi connectivity index (χ0v) is 14.2. The van der Waals surface area contributed by atoms with E-state index in [1.165, 1.54) is 22.3 Å². The lowest BCUT2D eigenvalue weighted by Gasteiger charge is -2.02. The van der Waals surface area contributed by atoms with E-state index in [2.05, 4.69) is 41.3 Å². The second-order valence-electron chi connectivity index (χ2n) is 5.99. The van der Waals surface area contributed by atoms with E-state index >= 15 is 0 Å². The van der Waals surface area contributed by atoms with Crippen LogP contribution in [0.25, 0.3) is 10.9 Å². The summed E-state index contributed by atoms with van der Waals surface area (Å²) in [6.45, 7) is 4.20. The number of aryl methyl sites for hydroxylation is 1. The summed E-state index contributed by atoms with van der Waals surface area (Å²) in [5.41, 5.74) is 3.45. The molecule has 1 amide bonds. The van der Waals surface area contributed by atoms with Gasteiger partial charge < -0.3 is 10.3 Å². The molecule has 2 aromatic heterocycles. The number of amides is 1. The number of fused-ring (bicyclic) bond motifs is 1. The number of hydrogen-bond donors (Lipinski definition) is 2. The Bertz CT molecular complexity index is 803. The Morgan fingerprint density at radius 2 is 2.17 bits per heavy atom. The van der Waals surface area contributed by atoms with Crippen molar-refractivity contribution in [3.05, 3.63) is 47.1 Å². The normalized spacial score (nSPS) is 11.3. The van der Waals surface area contributed by atoms with Crippen molar-refractivity contribution in [2.24, 2.45) is 0 Å². The van der Waals surface area contributed by atoms with Crippen LogP contribution in [0.15, 0.2) is 35.8 Å². The van der Waals surface area contributed by atoms with Gasteiger partial charge in [0, 0.05) is 28.9 Å². The zero-order chi connectivity index (χ0) is 16.2. The van der Waals surface area contributed by atoms with Gasteiger partial charge in [0.15, 0.2) is 5.13 Å².